The molecule has 2 amide bonds. The summed E-state index contributed by atoms with van der Waals surface area (Å²) in [4.78, 5) is 31.1. The Morgan fingerprint density at radius 1 is 1.14 bits per heavy atom. The number of piperidine rings is 1. The maximum absolute atomic E-state index is 13.8. The number of benzene rings is 2. The van der Waals surface area contributed by atoms with Gasteiger partial charge >= 0.3 is 0 Å². The number of nitrogens with zero attached hydrogens (tertiary/aromatic N) is 2. The van der Waals surface area contributed by atoms with Gasteiger partial charge in [-0.2, -0.15) is 0 Å². The van der Waals surface area contributed by atoms with Gasteiger partial charge in [0, 0.05) is 47.3 Å². The number of halogens is 2. The van der Waals surface area contributed by atoms with Gasteiger partial charge in [0.05, 0.1) is 11.1 Å². The Morgan fingerprint density at radius 2 is 1.89 bits per heavy atom. The van der Waals surface area contributed by atoms with Crippen molar-refractivity contribution in [1.29, 1.82) is 0 Å². The lowest BCUT2D eigenvalue weighted by Gasteiger charge is -2.33. The van der Waals surface area contributed by atoms with Crippen LogP contribution in [0.4, 0.5) is 0 Å². The minimum absolute atomic E-state index is 0.0174. The molecule has 200 valence electrons. The predicted molar refractivity (Wildman–Crippen MR) is 158 cm³/mol. The number of rotatable bonds is 9. The Hall–Kier alpha value is -1.68. The summed E-state index contributed by atoms with van der Waals surface area (Å²) in [6.07, 6.45) is 5.42. The van der Waals surface area contributed by atoms with Gasteiger partial charge in [-0.3, -0.25) is 9.59 Å². The highest BCUT2D eigenvalue weighted by Crippen LogP contribution is 2.23. The molecule has 2 aromatic carbocycles. The summed E-state index contributed by atoms with van der Waals surface area (Å²) in [6, 6.07) is 15.6. The van der Waals surface area contributed by atoms with Crippen molar-refractivity contribution >= 4 is 46.0 Å². The van der Waals surface area contributed by atoms with Crippen LogP contribution >= 0.6 is 34.2 Å². The molecule has 2 saturated heterocycles. The average molecular weight is 637 g/mol. The first-order valence-corrected chi connectivity index (χ1v) is 15.0. The first-order chi connectivity index (χ1) is 17.9. The van der Waals surface area contributed by atoms with Crippen LogP contribution in [0.2, 0.25) is 5.02 Å². The van der Waals surface area contributed by atoms with Crippen molar-refractivity contribution in [2.75, 3.05) is 39.3 Å². The Kier molecular flexibility index (Phi) is 10.7. The first-order valence-electron chi connectivity index (χ1n) is 13.5. The Morgan fingerprint density at radius 3 is 2.59 bits per heavy atom. The Bertz CT molecular complexity index is 1050. The number of carbonyl (C=O) groups excluding carboxylic acids is 2. The zero-order valence-electron chi connectivity index (χ0n) is 21.6. The van der Waals surface area contributed by atoms with Gasteiger partial charge in [0.15, 0.2) is 0 Å². The van der Waals surface area contributed by atoms with Crippen molar-refractivity contribution in [2.45, 2.75) is 57.0 Å². The molecule has 2 aliphatic heterocycles. The Labute approximate surface area is 239 Å². The van der Waals surface area contributed by atoms with E-state index in [0.29, 0.717) is 36.1 Å². The highest BCUT2D eigenvalue weighted by Gasteiger charge is 2.33. The van der Waals surface area contributed by atoms with Crippen LogP contribution < -0.4 is 10.6 Å². The van der Waals surface area contributed by atoms with E-state index >= 15 is 0 Å². The molecule has 3 atom stereocenters. The van der Waals surface area contributed by atoms with Crippen molar-refractivity contribution < 1.29 is 9.59 Å². The van der Waals surface area contributed by atoms with Crippen molar-refractivity contribution in [3.63, 3.8) is 0 Å². The number of nitrogens with one attached hydrogen (secondary N) is 2. The summed E-state index contributed by atoms with van der Waals surface area (Å²) < 4.78 is 0.918. The predicted octanol–water partition coefficient (Wildman–Crippen LogP) is 4.91. The number of amides is 2. The van der Waals surface area contributed by atoms with Crippen LogP contribution in [0.15, 0.2) is 48.5 Å². The fourth-order valence-electron chi connectivity index (χ4n) is 5.37. The summed E-state index contributed by atoms with van der Waals surface area (Å²) in [5.41, 5.74) is 1.83. The third-order valence-electron chi connectivity index (χ3n) is 7.58. The maximum atomic E-state index is 13.8. The zero-order valence-corrected chi connectivity index (χ0v) is 24.5. The molecule has 0 saturated carbocycles. The molecular weight excluding hydrogens is 599 g/mol. The van der Waals surface area contributed by atoms with Crippen LogP contribution in [0.3, 0.4) is 0 Å². The third kappa shape index (κ3) is 7.91. The van der Waals surface area contributed by atoms with Gasteiger partial charge in [-0.15, -0.1) is 0 Å². The highest BCUT2D eigenvalue weighted by atomic mass is 127. The standard InChI is InChI=1S/C29H38ClIN4O2/c1-2-21(22-9-5-3-6-10-22)19-35-16-13-24(18-32-28(36)23-11-12-26(31)25(30)17-23)33-27(29(35)37)20-34-14-7-4-8-15-34/h3,5-6,9-12,17,21,24,27,33H,2,4,7-8,13-16,18-20H2,1H3,(H,32,36)/t21-,24+,27+/m1/s1. The number of carbonyl (C=O) groups is 2. The van der Waals surface area contributed by atoms with E-state index in [4.69, 9.17) is 11.6 Å². The van der Waals surface area contributed by atoms with Gasteiger partial charge in [0.1, 0.15) is 0 Å². The second kappa shape index (κ2) is 13.9. The molecule has 4 rings (SSSR count). The van der Waals surface area contributed by atoms with Gasteiger partial charge in [0.25, 0.3) is 5.91 Å². The zero-order chi connectivity index (χ0) is 26.2. The third-order valence-corrected chi connectivity index (χ3v) is 9.15. The van der Waals surface area contributed by atoms with Crippen LogP contribution in [0.5, 0.6) is 0 Å². The van der Waals surface area contributed by atoms with Crippen LogP contribution in [0.25, 0.3) is 0 Å². The van der Waals surface area contributed by atoms with Gasteiger partial charge in [-0.25, -0.2) is 0 Å². The lowest BCUT2D eigenvalue weighted by atomic mass is 9.95. The second-order valence-corrected chi connectivity index (χ2v) is 11.8. The molecule has 37 heavy (non-hydrogen) atoms. The van der Waals surface area contributed by atoms with E-state index in [2.05, 4.69) is 74.2 Å². The van der Waals surface area contributed by atoms with E-state index in [-0.39, 0.29) is 23.9 Å². The second-order valence-electron chi connectivity index (χ2n) is 10.2. The maximum Gasteiger partial charge on any atom is 0.251 e. The monoisotopic (exact) mass is 636 g/mol. The van der Waals surface area contributed by atoms with Crippen molar-refractivity contribution in [3.05, 3.63) is 68.3 Å². The van der Waals surface area contributed by atoms with E-state index in [9.17, 15) is 9.59 Å². The van der Waals surface area contributed by atoms with Gasteiger partial charge in [0.2, 0.25) is 5.91 Å². The Balaban J connectivity index is 1.45. The SMILES string of the molecule is CC[C@H](CN1CC[C@@H](CNC(=O)c2ccc(I)c(Cl)c2)N[C@@H](CN2CCCCC2)C1=O)c1ccccc1. The fourth-order valence-corrected chi connectivity index (χ4v) is 5.89. The number of hydrogen-bond donors (Lipinski definition) is 2. The molecular formula is C29H38ClIN4O2. The van der Waals surface area contributed by atoms with Gasteiger partial charge in [-0.05, 0) is 85.1 Å². The molecule has 2 heterocycles. The van der Waals surface area contributed by atoms with Crippen LogP contribution in [-0.2, 0) is 4.79 Å². The van der Waals surface area contributed by atoms with E-state index < -0.39 is 0 Å². The molecule has 0 aromatic heterocycles. The number of likely N-dealkylation sites (tertiary alicyclic amines) is 1. The molecule has 2 N–H and O–H groups in total. The minimum Gasteiger partial charge on any atom is -0.350 e. The van der Waals surface area contributed by atoms with Crippen molar-refractivity contribution in [1.82, 2.24) is 20.4 Å². The summed E-state index contributed by atoms with van der Waals surface area (Å²) in [6.45, 7) is 6.87. The van der Waals surface area contributed by atoms with E-state index in [1.54, 1.807) is 12.1 Å². The molecule has 0 spiro atoms. The van der Waals surface area contributed by atoms with E-state index in [1.165, 1.54) is 24.8 Å². The molecule has 2 aromatic rings. The fraction of sp³-hybridized carbons (Fsp3) is 0.517. The van der Waals surface area contributed by atoms with Gasteiger partial charge < -0.3 is 20.4 Å². The minimum atomic E-state index is -0.275. The van der Waals surface area contributed by atoms with Gasteiger partial charge in [-0.1, -0.05) is 55.3 Å². The summed E-state index contributed by atoms with van der Waals surface area (Å²) >= 11 is 8.38. The largest absolute Gasteiger partial charge is 0.350 e. The lowest BCUT2D eigenvalue weighted by molar-refractivity contribution is -0.133. The summed E-state index contributed by atoms with van der Waals surface area (Å²) in [7, 11) is 0. The summed E-state index contributed by atoms with van der Waals surface area (Å²) in [5, 5.41) is 7.27. The van der Waals surface area contributed by atoms with E-state index in [0.717, 1.165) is 36.0 Å². The molecule has 2 aliphatic rings. The summed E-state index contributed by atoms with van der Waals surface area (Å²) in [5.74, 6) is 0.344. The molecule has 2 fully saturated rings. The van der Waals surface area contributed by atoms with Crippen LogP contribution in [0, 0.1) is 3.57 Å². The normalized spacial score (nSPS) is 21.9. The molecule has 0 aliphatic carbocycles. The highest BCUT2D eigenvalue weighted by molar-refractivity contribution is 14.1. The van der Waals surface area contributed by atoms with Crippen LogP contribution in [0.1, 0.15) is 60.9 Å². The number of hydrogen-bond acceptors (Lipinski definition) is 4. The smallest absolute Gasteiger partial charge is 0.251 e. The van der Waals surface area contributed by atoms with Crippen LogP contribution in [-0.4, -0.2) is 73.0 Å². The van der Waals surface area contributed by atoms with Crippen molar-refractivity contribution in [2.24, 2.45) is 0 Å². The first kappa shape index (κ1) is 28.3. The quantitative estimate of drug-likeness (QED) is 0.384. The molecule has 0 radical (unpaired) electrons. The molecule has 6 nitrogen and oxygen atoms in total. The average Bonchev–Trinajstić information content (AvgIpc) is 3.06. The molecule has 0 unspecified atom stereocenters. The van der Waals surface area contributed by atoms with E-state index in [1.807, 2.05) is 12.1 Å². The van der Waals surface area contributed by atoms with Crippen molar-refractivity contribution in [3.8, 4) is 0 Å². The topological polar surface area (TPSA) is 64.7 Å². The lowest BCUT2D eigenvalue weighted by Crippen LogP contribution is -2.54. The molecule has 0 bridgehead atoms. The molecule has 8 heteroatoms.